The minimum atomic E-state index is 0.0393. The average Bonchev–Trinajstić information content (AvgIpc) is 2.39. The summed E-state index contributed by atoms with van der Waals surface area (Å²) in [5, 5.41) is 10.5. The van der Waals surface area contributed by atoms with E-state index in [1.807, 2.05) is 0 Å². The van der Waals surface area contributed by atoms with Crippen molar-refractivity contribution < 1.29 is 5.11 Å². The number of aliphatic hydroxyl groups is 1. The Morgan fingerprint density at radius 2 is 1.12 bits per heavy atom. The van der Waals surface area contributed by atoms with Crippen LogP contribution in [0.5, 0.6) is 0 Å². The Morgan fingerprint density at radius 1 is 0.588 bits per heavy atom. The van der Waals surface area contributed by atoms with Gasteiger partial charge in [-0.25, -0.2) is 0 Å². The molecule has 4 unspecified atom stereocenters. The number of hydrogen-bond donors (Lipinski definition) is 1. The van der Waals surface area contributed by atoms with Crippen LogP contribution in [0.1, 0.15) is 70.6 Å². The number of aliphatic hydroxyl groups excluding tert-OH is 1. The summed E-state index contributed by atoms with van der Waals surface area (Å²) in [7, 11) is 0. The lowest BCUT2D eigenvalue weighted by Crippen LogP contribution is -2.40. The summed E-state index contributed by atoms with van der Waals surface area (Å²) < 4.78 is 0. The first-order valence-corrected chi connectivity index (χ1v) is 8.02. The van der Waals surface area contributed by atoms with E-state index >= 15 is 0 Å². The molecule has 3 rings (SSSR count). The highest BCUT2D eigenvalue weighted by Crippen LogP contribution is 2.47. The van der Waals surface area contributed by atoms with Crippen molar-refractivity contribution in [2.75, 3.05) is 0 Å². The van der Waals surface area contributed by atoms with Gasteiger partial charge in [-0.1, -0.05) is 57.8 Å². The highest BCUT2D eigenvalue weighted by atomic mass is 16.3. The molecule has 3 saturated carbocycles. The van der Waals surface area contributed by atoms with Gasteiger partial charge in [0.25, 0.3) is 0 Å². The predicted molar refractivity (Wildman–Crippen MR) is 70.8 cm³/mol. The van der Waals surface area contributed by atoms with Gasteiger partial charge in [0, 0.05) is 0 Å². The molecule has 17 heavy (non-hydrogen) atoms. The smallest absolute Gasteiger partial charge is 0.0573 e. The minimum Gasteiger partial charge on any atom is -0.393 e. The largest absolute Gasteiger partial charge is 0.393 e. The lowest BCUT2D eigenvalue weighted by Gasteiger charge is -2.45. The summed E-state index contributed by atoms with van der Waals surface area (Å²) in [6.07, 6.45) is 15.3. The highest BCUT2D eigenvalue weighted by molar-refractivity contribution is 4.91. The maximum absolute atomic E-state index is 10.5. The SMILES string of the molecule is OC1CC2CCCCC2CC1C1CCCCC1. The van der Waals surface area contributed by atoms with Crippen molar-refractivity contribution in [1.82, 2.24) is 0 Å². The van der Waals surface area contributed by atoms with Crippen molar-refractivity contribution in [3.63, 3.8) is 0 Å². The van der Waals surface area contributed by atoms with Gasteiger partial charge in [0.05, 0.1) is 6.10 Å². The fourth-order valence-corrected chi connectivity index (χ4v) is 4.97. The fraction of sp³-hybridized carbons (Fsp3) is 1.00. The van der Waals surface area contributed by atoms with Gasteiger partial charge in [-0.3, -0.25) is 0 Å². The maximum atomic E-state index is 10.5. The normalized spacial score (nSPS) is 44.3. The molecule has 0 bridgehead atoms. The van der Waals surface area contributed by atoms with Crippen LogP contribution in [0.25, 0.3) is 0 Å². The molecule has 0 aromatic carbocycles. The second-order valence-corrected chi connectivity index (χ2v) is 6.91. The van der Waals surface area contributed by atoms with Gasteiger partial charge in [0.1, 0.15) is 0 Å². The monoisotopic (exact) mass is 236 g/mol. The van der Waals surface area contributed by atoms with Crippen LogP contribution in [0.15, 0.2) is 0 Å². The first-order valence-electron chi connectivity index (χ1n) is 8.02. The Bertz CT molecular complexity index is 244. The predicted octanol–water partition coefficient (Wildman–Crippen LogP) is 4.14. The Morgan fingerprint density at radius 3 is 1.82 bits per heavy atom. The Hall–Kier alpha value is -0.0400. The van der Waals surface area contributed by atoms with Crippen LogP contribution in [0.3, 0.4) is 0 Å². The summed E-state index contributed by atoms with van der Waals surface area (Å²) in [5.74, 6) is 3.37. The molecule has 3 fully saturated rings. The van der Waals surface area contributed by atoms with E-state index < -0.39 is 0 Å². The molecule has 4 atom stereocenters. The summed E-state index contributed by atoms with van der Waals surface area (Å²) in [6, 6.07) is 0. The van der Waals surface area contributed by atoms with E-state index in [2.05, 4.69) is 0 Å². The molecule has 0 aromatic heterocycles. The Labute approximate surface area is 106 Å². The second kappa shape index (κ2) is 5.30. The fourth-order valence-electron chi connectivity index (χ4n) is 4.97. The zero-order valence-corrected chi connectivity index (χ0v) is 11.1. The van der Waals surface area contributed by atoms with Crippen molar-refractivity contribution in [1.29, 1.82) is 0 Å². The topological polar surface area (TPSA) is 20.2 Å². The molecular weight excluding hydrogens is 208 g/mol. The van der Waals surface area contributed by atoms with E-state index in [4.69, 9.17) is 0 Å². The van der Waals surface area contributed by atoms with Gasteiger partial charge in [-0.15, -0.1) is 0 Å². The van der Waals surface area contributed by atoms with Crippen molar-refractivity contribution in [2.45, 2.75) is 76.7 Å². The lowest BCUT2D eigenvalue weighted by atomic mass is 9.62. The standard InChI is InChI=1S/C16H28O/c17-16-11-14-9-5-4-8-13(14)10-15(16)12-6-2-1-3-7-12/h12-17H,1-11H2. The molecule has 1 N–H and O–H groups in total. The van der Waals surface area contributed by atoms with E-state index in [0.717, 1.165) is 24.2 Å². The van der Waals surface area contributed by atoms with E-state index in [1.165, 1.54) is 64.2 Å². The quantitative estimate of drug-likeness (QED) is 0.725. The highest BCUT2D eigenvalue weighted by Gasteiger charge is 2.40. The van der Waals surface area contributed by atoms with Crippen LogP contribution in [0.4, 0.5) is 0 Å². The average molecular weight is 236 g/mol. The molecule has 0 aromatic rings. The van der Waals surface area contributed by atoms with Gasteiger partial charge in [-0.05, 0) is 36.5 Å². The molecule has 3 aliphatic carbocycles. The van der Waals surface area contributed by atoms with Crippen LogP contribution < -0.4 is 0 Å². The third-order valence-corrected chi connectivity index (χ3v) is 5.94. The van der Waals surface area contributed by atoms with Crippen molar-refractivity contribution in [3.05, 3.63) is 0 Å². The lowest BCUT2D eigenvalue weighted by molar-refractivity contribution is -0.0314. The second-order valence-electron chi connectivity index (χ2n) is 6.91. The molecule has 0 heterocycles. The maximum Gasteiger partial charge on any atom is 0.0573 e. The summed E-state index contributed by atoms with van der Waals surface area (Å²) >= 11 is 0. The summed E-state index contributed by atoms with van der Waals surface area (Å²) in [5.41, 5.74) is 0. The summed E-state index contributed by atoms with van der Waals surface area (Å²) in [6.45, 7) is 0. The van der Waals surface area contributed by atoms with Gasteiger partial charge >= 0.3 is 0 Å². The molecule has 0 aliphatic heterocycles. The van der Waals surface area contributed by atoms with Crippen molar-refractivity contribution >= 4 is 0 Å². The zero-order valence-electron chi connectivity index (χ0n) is 11.1. The molecule has 0 saturated heterocycles. The number of fused-ring (bicyclic) bond motifs is 1. The molecular formula is C16H28O. The van der Waals surface area contributed by atoms with Crippen LogP contribution in [0, 0.1) is 23.7 Å². The summed E-state index contributed by atoms with van der Waals surface area (Å²) in [4.78, 5) is 0. The third kappa shape index (κ3) is 2.54. The Balaban J connectivity index is 1.64. The molecule has 0 radical (unpaired) electrons. The van der Waals surface area contributed by atoms with E-state index in [0.29, 0.717) is 5.92 Å². The van der Waals surface area contributed by atoms with Gasteiger partial charge in [-0.2, -0.15) is 0 Å². The van der Waals surface area contributed by atoms with Crippen LogP contribution in [-0.2, 0) is 0 Å². The minimum absolute atomic E-state index is 0.0393. The third-order valence-electron chi connectivity index (χ3n) is 5.94. The zero-order chi connectivity index (χ0) is 11.7. The molecule has 1 heteroatoms. The van der Waals surface area contributed by atoms with Gasteiger partial charge in [0.2, 0.25) is 0 Å². The molecule has 0 spiro atoms. The number of rotatable bonds is 1. The van der Waals surface area contributed by atoms with E-state index in [-0.39, 0.29) is 6.10 Å². The Kier molecular flexibility index (Phi) is 3.75. The van der Waals surface area contributed by atoms with Gasteiger partial charge in [0.15, 0.2) is 0 Å². The van der Waals surface area contributed by atoms with Gasteiger partial charge < -0.3 is 5.11 Å². The molecule has 0 amide bonds. The van der Waals surface area contributed by atoms with Crippen molar-refractivity contribution in [3.8, 4) is 0 Å². The first kappa shape index (κ1) is 12.0. The molecule has 98 valence electrons. The first-order chi connectivity index (χ1) is 8.34. The van der Waals surface area contributed by atoms with Crippen LogP contribution >= 0.6 is 0 Å². The van der Waals surface area contributed by atoms with Crippen LogP contribution in [0.2, 0.25) is 0 Å². The van der Waals surface area contributed by atoms with E-state index in [1.54, 1.807) is 0 Å². The molecule has 1 nitrogen and oxygen atoms in total. The number of hydrogen-bond acceptors (Lipinski definition) is 1. The molecule has 3 aliphatic rings. The van der Waals surface area contributed by atoms with Crippen LogP contribution in [-0.4, -0.2) is 11.2 Å². The van der Waals surface area contributed by atoms with E-state index in [9.17, 15) is 5.11 Å². The van der Waals surface area contributed by atoms with Crippen molar-refractivity contribution in [2.24, 2.45) is 23.7 Å².